The summed E-state index contributed by atoms with van der Waals surface area (Å²) in [4.78, 5) is 9.58. The first-order valence-corrected chi connectivity index (χ1v) is 11.5. The lowest BCUT2D eigenvalue weighted by atomic mass is 10.1. The molecule has 2 N–H and O–H groups in total. The number of benzene rings is 1. The topological polar surface area (TPSA) is 61.4 Å². The first kappa shape index (κ1) is 23.1. The maximum Gasteiger partial charge on any atom is 0.191 e. The van der Waals surface area contributed by atoms with E-state index in [1.54, 1.807) is 0 Å². The normalized spacial score (nSPS) is 20.6. The SMILES string of the molecule is CCNC(=NCc1c(Cl)cccc1N1CCN(C)CC1)NCCCOC1CCOC1. The third kappa shape index (κ3) is 7.01. The lowest BCUT2D eigenvalue weighted by Crippen LogP contribution is -2.44. The van der Waals surface area contributed by atoms with Crippen LogP contribution in [0.4, 0.5) is 5.69 Å². The quantitative estimate of drug-likeness (QED) is 0.351. The highest BCUT2D eigenvalue weighted by molar-refractivity contribution is 6.31. The Morgan fingerprint density at radius 1 is 1.27 bits per heavy atom. The number of guanidine groups is 1. The summed E-state index contributed by atoms with van der Waals surface area (Å²) < 4.78 is 11.2. The summed E-state index contributed by atoms with van der Waals surface area (Å²) in [5, 5.41) is 7.50. The molecule has 7 nitrogen and oxygen atoms in total. The van der Waals surface area contributed by atoms with Gasteiger partial charge in [-0.25, -0.2) is 4.99 Å². The fourth-order valence-corrected chi connectivity index (χ4v) is 3.95. The van der Waals surface area contributed by atoms with Crippen molar-refractivity contribution in [2.75, 3.05) is 71.0 Å². The zero-order chi connectivity index (χ0) is 21.2. The molecule has 1 aromatic rings. The highest BCUT2D eigenvalue weighted by Crippen LogP contribution is 2.29. The Bertz CT molecular complexity index is 673. The Kier molecular flexibility index (Phi) is 9.52. The Hall–Kier alpha value is -1.54. The molecule has 8 heteroatoms. The molecule has 0 amide bonds. The number of anilines is 1. The van der Waals surface area contributed by atoms with Crippen molar-refractivity contribution in [1.82, 2.24) is 15.5 Å². The summed E-state index contributed by atoms with van der Waals surface area (Å²) in [5.74, 6) is 0.811. The number of nitrogens with zero attached hydrogens (tertiary/aromatic N) is 3. The van der Waals surface area contributed by atoms with E-state index in [9.17, 15) is 0 Å². The van der Waals surface area contributed by atoms with Gasteiger partial charge in [-0.1, -0.05) is 17.7 Å². The van der Waals surface area contributed by atoms with Gasteiger partial charge >= 0.3 is 0 Å². The average molecular weight is 438 g/mol. The highest BCUT2D eigenvalue weighted by Gasteiger charge is 2.18. The molecule has 1 atom stereocenters. The van der Waals surface area contributed by atoms with Crippen molar-refractivity contribution in [3.05, 3.63) is 28.8 Å². The summed E-state index contributed by atoms with van der Waals surface area (Å²) in [5.41, 5.74) is 2.29. The largest absolute Gasteiger partial charge is 0.379 e. The van der Waals surface area contributed by atoms with Gasteiger partial charge in [0.05, 0.1) is 19.3 Å². The molecule has 0 saturated carbocycles. The minimum Gasteiger partial charge on any atom is -0.379 e. The molecule has 2 heterocycles. The van der Waals surface area contributed by atoms with Crippen LogP contribution in [0.5, 0.6) is 0 Å². The van der Waals surface area contributed by atoms with Crippen LogP contribution in [0.1, 0.15) is 25.3 Å². The Labute approximate surface area is 185 Å². The second-order valence-corrected chi connectivity index (χ2v) is 8.27. The standard InChI is InChI=1S/C22H36ClN5O2/c1-3-24-22(25-9-5-14-30-18-8-15-29-17-18)26-16-19-20(23)6-4-7-21(19)28-12-10-27(2)11-13-28/h4,6-7,18H,3,5,8-17H2,1-2H3,(H2,24,25,26). The number of hydrogen-bond donors (Lipinski definition) is 2. The van der Waals surface area contributed by atoms with Crippen LogP contribution in [0.3, 0.4) is 0 Å². The van der Waals surface area contributed by atoms with Crippen LogP contribution in [0.25, 0.3) is 0 Å². The van der Waals surface area contributed by atoms with Gasteiger partial charge < -0.3 is 29.9 Å². The summed E-state index contributed by atoms with van der Waals surface area (Å²) in [6, 6.07) is 6.14. The average Bonchev–Trinajstić information content (AvgIpc) is 3.26. The fraction of sp³-hybridized carbons (Fsp3) is 0.682. The van der Waals surface area contributed by atoms with Crippen molar-refractivity contribution in [2.24, 2.45) is 4.99 Å². The van der Waals surface area contributed by atoms with Crippen molar-refractivity contribution < 1.29 is 9.47 Å². The van der Waals surface area contributed by atoms with E-state index >= 15 is 0 Å². The van der Waals surface area contributed by atoms with Crippen molar-refractivity contribution >= 4 is 23.2 Å². The molecule has 30 heavy (non-hydrogen) atoms. The van der Waals surface area contributed by atoms with Crippen LogP contribution in [0, 0.1) is 0 Å². The molecule has 0 aliphatic carbocycles. The lowest BCUT2D eigenvalue weighted by Gasteiger charge is -2.35. The summed E-state index contributed by atoms with van der Waals surface area (Å²) >= 11 is 6.57. The molecule has 3 rings (SSSR count). The first-order valence-electron chi connectivity index (χ1n) is 11.1. The van der Waals surface area contributed by atoms with Crippen LogP contribution in [0.15, 0.2) is 23.2 Å². The summed E-state index contributed by atoms with van der Waals surface area (Å²) in [6.45, 7) is 10.7. The maximum atomic E-state index is 6.57. The number of rotatable bonds is 9. The van der Waals surface area contributed by atoms with Gasteiger partial charge in [0.2, 0.25) is 0 Å². The molecular weight excluding hydrogens is 402 g/mol. The van der Waals surface area contributed by atoms with Gasteiger partial charge in [-0.2, -0.15) is 0 Å². The van der Waals surface area contributed by atoms with Gasteiger partial charge in [-0.3, -0.25) is 0 Å². The number of halogens is 1. The van der Waals surface area contributed by atoms with Gasteiger partial charge in [0.1, 0.15) is 0 Å². The van der Waals surface area contributed by atoms with Gasteiger partial charge in [0.15, 0.2) is 5.96 Å². The molecule has 0 aromatic heterocycles. The molecule has 2 saturated heterocycles. The van der Waals surface area contributed by atoms with Gasteiger partial charge in [-0.05, 0) is 38.9 Å². The predicted octanol–water partition coefficient (Wildman–Crippen LogP) is 2.34. The second kappa shape index (κ2) is 12.3. The number of aliphatic imine (C=N–C) groups is 1. The molecular formula is C22H36ClN5O2. The first-order chi connectivity index (χ1) is 14.7. The zero-order valence-corrected chi connectivity index (χ0v) is 19.1. The molecule has 0 spiro atoms. The number of ether oxygens (including phenoxy) is 2. The summed E-state index contributed by atoms with van der Waals surface area (Å²) in [6.07, 6.45) is 2.20. The molecule has 168 valence electrons. The molecule has 0 bridgehead atoms. The minimum absolute atomic E-state index is 0.264. The molecule has 2 fully saturated rings. The van der Waals surface area contributed by atoms with E-state index in [1.807, 2.05) is 12.1 Å². The van der Waals surface area contributed by atoms with E-state index in [4.69, 9.17) is 26.1 Å². The van der Waals surface area contributed by atoms with E-state index in [1.165, 1.54) is 5.69 Å². The fourth-order valence-electron chi connectivity index (χ4n) is 3.72. The van der Waals surface area contributed by atoms with E-state index in [0.717, 1.165) is 88.5 Å². The van der Waals surface area contributed by atoms with Gasteiger partial charge in [-0.15, -0.1) is 0 Å². The third-order valence-corrected chi connectivity index (χ3v) is 5.89. The predicted molar refractivity (Wildman–Crippen MR) is 124 cm³/mol. The van der Waals surface area contributed by atoms with E-state index in [-0.39, 0.29) is 6.10 Å². The van der Waals surface area contributed by atoms with Crippen molar-refractivity contribution in [1.29, 1.82) is 0 Å². The van der Waals surface area contributed by atoms with Crippen molar-refractivity contribution in [3.63, 3.8) is 0 Å². The number of hydrogen-bond acceptors (Lipinski definition) is 5. The molecule has 0 radical (unpaired) electrons. The smallest absolute Gasteiger partial charge is 0.191 e. The molecule has 1 aromatic carbocycles. The van der Waals surface area contributed by atoms with Crippen LogP contribution in [0.2, 0.25) is 5.02 Å². The van der Waals surface area contributed by atoms with E-state index in [2.05, 4.69) is 40.5 Å². The van der Waals surface area contributed by atoms with Crippen LogP contribution >= 0.6 is 11.6 Å². The van der Waals surface area contributed by atoms with Crippen LogP contribution < -0.4 is 15.5 Å². The Morgan fingerprint density at radius 3 is 2.83 bits per heavy atom. The Balaban J connectivity index is 1.54. The number of likely N-dealkylation sites (N-methyl/N-ethyl adjacent to an activating group) is 1. The van der Waals surface area contributed by atoms with Gasteiger partial charge in [0.25, 0.3) is 0 Å². The zero-order valence-electron chi connectivity index (χ0n) is 18.3. The number of piperazine rings is 1. The monoisotopic (exact) mass is 437 g/mol. The lowest BCUT2D eigenvalue weighted by molar-refractivity contribution is 0.0420. The maximum absolute atomic E-state index is 6.57. The van der Waals surface area contributed by atoms with Crippen LogP contribution in [-0.4, -0.2) is 83.1 Å². The molecule has 2 aliphatic rings. The van der Waals surface area contributed by atoms with E-state index in [0.29, 0.717) is 6.54 Å². The highest BCUT2D eigenvalue weighted by atomic mass is 35.5. The van der Waals surface area contributed by atoms with E-state index < -0.39 is 0 Å². The third-order valence-electron chi connectivity index (χ3n) is 5.53. The minimum atomic E-state index is 0.264. The molecule has 2 aliphatic heterocycles. The van der Waals surface area contributed by atoms with Crippen molar-refractivity contribution in [3.8, 4) is 0 Å². The van der Waals surface area contributed by atoms with Crippen molar-refractivity contribution in [2.45, 2.75) is 32.4 Å². The Morgan fingerprint density at radius 2 is 2.10 bits per heavy atom. The number of nitrogens with one attached hydrogen (secondary N) is 2. The van der Waals surface area contributed by atoms with Crippen LogP contribution in [-0.2, 0) is 16.0 Å². The molecule has 1 unspecified atom stereocenters. The second-order valence-electron chi connectivity index (χ2n) is 7.86. The summed E-state index contributed by atoms with van der Waals surface area (Å²) in [7, 11) is 2.17. The van der Waals surface area contributed by atoms with Gasteiger partial charge in [0, 0.05) is 68.8 Å².